The number of pyridine rings is 1. The minimum Gasteiger partial charge on any atom is -0.478 e. The van der Waals surface area contributed by atoms with E-state index in [0.29, 0.717) is 24.5 Å². The van der Waals surface area contributed by atoms with Crippen LogP contribution in [-0.2, 0) is 15.0 Å². The van der Waals surface area contributed by atoms with Gasteiger partial charge in [-0.15, -0.1) is 11.3 Å². The van der Waals surface area contributed by atoms with Gasteiger partial charge in [0, 0.05) is 41.7 Å². The quantitative estimate of drug-likeness (QED) is 0.415. The van der Waals surface area contributed by atoms with Crippen molar-refractivity contribution in [2.24, 2.45) is 11.7 Å². The minimum absolute atomic E-state index is 0.0692. The summed E-state index contributed by atoms with van der Waals surface area (Å²) in [6, 6.07) is 2.97. The zero-order valence-electron chi connectivity index (χ0n) is 20.7. The minimum atomic E-state index is -1.21. The SMILES string of the molecule is CC(C)(C)c1csc(NC(=O)c2ccn3c(=O)c(C=CC(=O)O)c(N4CCCC(C(N)=O)C4)nc3c2)n1. The van der Waals surface area contributed by atoms with Crippen molar-refractivity contribution in [3.63, 3.8) is 0 Å². The molecule has 1 aliphatic heterocycles. The van der Waals surface area contributed by atoms with Gasteiger partial charge in [0.1, 0.15) is 11.5 Å². The summed E-state index contributed by atoms with van der Waals surface area (Å²) in [6.45, 7) is 6.87. The molecule has 12 heteroatoms. The number of amides is 2. The number of nitrogens with one attached hydrogen (secondary N) is 1. The molecule has 0 radical (unpaired) electrons. The van der Waals surface area contributed by atoms with Crippen molar-refractivity contribution in [2.75, 3.05) is 23.3 Å². The van der Waals surface area contributed by atoms with Crippen LogP contribution in [0.2, 0.25) is 0 Å². The van der Waals surface area contributed by atoms with E-state index >= 15 is 0 Å². The van der Waals surface area contributed by atoms with Crippen molar-refractivity contribution in [1.82, 2.24) is 14.4 Å². The lowest BCUT2D eigenvalue weighted by Crippen LogP contribution is -2.42. The second kappa shape index (κ2) is 10.1. The zero-order valence-corrected chi connectivity index (χ0v) is 21.5. The molecule has 1 fully saturated rings. The summed E-state index contributed by atoms with van der Waals surface area (Å²) in [5.74, 6) is -2.25. The van der Waals surface area contributed by atoms with E-state index in [-0.39, 0.29) is 34.6 Å². The molecule has 3 aromatic rings. The summed E-state index contributed by atoms with van der Waals surface area (Å²) < 4.78 is 1.25. The van der Waals surface area contributed by atoms with Crippen LogP contribution in [0.25, 0.3) is 11.7 Å². The Kier molecular flexibility index (Phi) is 7.12. The predicted molar refractivity (Wildman–Crippen MR) is 141 cm³/mol. The number of aliphatic carboxylic acids is 1. The first kappa shape index (κ1) is 26.0. The van der Waals surface area contributed by atoms with E-state index < -0.39 is 29.3 Å². The van der Waals surface area contributed by atoms with E-state index in [2.05, 4.69) is 15.3 Å². The Labute approximate surface area is 216 Å². The topological polar surface area (TPSA) is 160 Å². The lowest BCUT2D eigenvalue weighted by Gasteiger charge is -2.33. The van der Waals surface area contributed by atoms with Crippen molar-refractivity contribution < 1.29 is 19.5 Å². The first-order chi connectivity index (χ1) is 17.4. The summed E-state index contributed by atoms with van der Waals surface area (Å²) in [4.78, 5) is 60.1. The molecule has 2 amide bonds. The molecule has 37 heavy (non-hydrogen) atoms. The maximum atomic E-state index is 13.3. The van der Waals surface area contributed by atoms with Gasteiger partial charge in [0.05, 0.1) is 17.2 Å². The van der Waals surface area contributed by atoms with Gasteiger partial charge < -0.3 is 15.7 Å². The molecule has 1 atom stereocenters. The highest BCUT2D eigenvalue weighted by Crippen LogP contribution is 2.27. The Morgan fingerprint density at radius 3 is 2.68 bits per heavy atom. The number of rotatable bonds is 6. The van der Waals surface area contributed by atoms with Gasteiger partial charge in [0.15, 0.2) is 5.13 Å². The van der Waals surface area contributed by atoms with Crippen molar-refractivity contribution >= 4 is 51.8 Å². The number of nitrogens with two attached hydrogens (primary N) is 1. The van der Waals surface area contributed by atoms with Crippen molar-refractivity contribution in [3.8, 4) is 0 Å². The number of piperidine rings is 1. The summed E-state index contributed by atoms with van der Waals surface area (Å²) in [6.07, 6.45) is 4.77. The lowest BCUT2D eigenvalue weighted by molar-refractivity contribution is -0.131. The van der Waals surface area contributed by atoms with Gasteiger partial charge in [0.25, 0.3) is 11.5 Å². The van der Waals surface area contributed by atoms with E-state index in [1.165, 1.54) is 40.1 Å². The first-order valence-corrected chi connectivity index (χ1v) is 12.6. The Morgan fingerprint density at radius 1 is 1.27 bits per heavy atom. The van der Waals surface area contributed by atoms with Crippen LogP contribution in [0.4, 0.5) is 10.9 Å². The third-order valence-electron chi connectivity index (χ3n) is 6.12. The molecule has 1 unspecified atom stereocenters. The van der Waals surface area contributed by atoms with Crippen LogP contribution in [0.15, 0.2) is 34.6 Å². The maximum Gasteiger partial charge on any atom is 0.328 e. The lowest BCUT2D eigenvalue weighted by atomic mass is 9.93. The highest BCUT2D eigenvalue weighted by Gasteiger charge is 2.27. The van der Waals surface area contributed by atoms with E-state index in [1.807, 2.05) is 26.2 Å². The monoisotopic (exact) mass is 524 g/mol. The van der Waals surface area contributed by atoms with Crippen LogP contribution in [0, 0.1) is 5.92 Å². The molecule has 0 aromatic carbocycles. The van der Waals surface area contributed by atoms with Crippen LogP contribution in [0.3, 0.4) is 0 Å². The van der Waals surface area contributed by atoms with Crippen molar-refractivity contribution in [2.45, 2.75) is 39.0 Å². The van der Waals surface area contributed by atoms with Crippen LogP contribution in [0.1, 0.15) is 55.2 Å². The number of primary amides is 1. The van der Waals surface area contributed by atoms with E-state index in [1.54, 1.807) is 4.90 Å². The maximum absolute atomic E-state index is 13.3. The molecular formula is C25H28N6O5S. The molecule has 4 N–H and O–H groups in total. The number of anilines is 2. The highest BCUT2D eigenvalue weighted by molar-refractivity contribution is 7.14. The molecule has 0 saturated carbocycles. The number of hydrogen-bond donors (Lipinski definition) is 3. The number of carboxylic acids is 1. The van der Waals surface area contributed by atoms with Gasteiger partial charge in [-0.3, -0.25) is 24.1 Å². The molecule has 11 nitrogen and oxygen atoms in total. The fourth-order valence-electron chi connectivity index (χ4n) is 4.07. The van der Waals surface area contributed by atoms with Crippen LogP contribution in [-0.4, -0.2) is 50.3 Å². The first-order valence-electron chi connectivity index (χ1n) is 11.7. The Balaban J connectivity index is 1.73. The molecule has 1 saturated heterocycles. The number of carbonyl (C=O) groups excluding carboxylic acids is 2. The molecule has 4 rings (SSSR count). The van der Waals surface area contributed by atoms with E-state index in [9.17, 15) is 19.2 Å². The van der Waals surface area contributed by atoms with Gasteiger partial charge in [-0.05, 0) is 31.1 Å². The van der Waals surface area contributed by atoms with Gasteiger partial charge in [-0.25, -0.2) is 14.8 Å². The van der Waals surface area contributed by atoms with Gasteiger partial charge in [0.2, 0.25) is 5.91 Å². The number of fused-ring (bicyclic) bond motifs is 1. The summed E-state index contributed by atoms with van der Waals surface area (Å²) in [5.41, 5.74) is 6.27. The number of aromatic nitrogens is 3. The number of hydrogen-bond acceptors (Lipinski definition) is 8. The second-order valence-corrected chi connectivity index (χ2v) is 10.8. The zero-order chi connectivity index (χ0) is 26.9. The van der Waals surface area contributed by atoms with E-state index in [0.717, 1.165) is 11.8 Å². The Bertz CT molecular complexity index is 1470. The standard InChI is InChI=1S/C25H28N6O5S/c1-25(2,3)17-13-37-24(27-17)29-22(35)14-8-10-31-18(11-14)28-21(16(23(31)36)6-7-19(32)33)30-9-4-5-15(12-30)20(26)34/h6-8,10-11,13,15H,4-5,9,12H2,1-3H3,(H2,26,34)(H,32,33)(H,27,29,35). The van der Waals surface area contributed by atoms with Crippen LogP contribution >= 0.6 is 11.3 Å². The summed E-state index contributed by atoms with van der Waals surface area (Å²) in [7, 11) is 0. The molecule has 0 spiro atoms. The smallest absolute Gasteiger partial charge is 0.328 e. The van der Waals surface area contributed by atoms with Gasteiger partial charge in [-0.1, -0.05) is 20.8 Å². The van der Waals surface area contributed by atoms with Gasteiger partial charge in [-0.2, -0.15) is 0 Å². The van der Waals surface area contributed by atoms with Crippen molar-refractivity contribution in [1.29, 1.82) is 0 Å². The summed E-state index contributed by atoms with van der Waals surface area (Å²) >= 11 is 1.33. The Hall–Kier alpha value is -4.06. The molecule has 4 heterocycles. The molecular weight excluding hydrogens is 496 g/mol. The second-order valence-electron chi connectivity index (χ2n) is 9.90. The average molecular weight is 525 g/mol. The number of nitrogens with zero attached hydrogens (tertiary/aromatic N) is 4. The van der Waals surface area contributed by atoms with Gasteiger partial charge >= 0.3 is 5.97 Å². The molecule has 0 aliphatic carbocycles. The number of thiazole rings is 1. The largest absolute Gasteiger partial charge is 0.478 e. The van der Waals surface area contributed by atoms with E-state index in [4.69, 9.17) is 10.8 Å². The Morgan fingerprint density at radius 2 is 2.03 bits per heavy atom. The van der Waals surface area contributed by atoms with Crippen LogP contribution in [0.5, 0.6) is 0 Å². The third-order valence-corrected chi connectivity index (χ3v) is 6.87. The summed E-state index contributed by atoms with van der Waals surface area (Å²) in [5, 5.41) is 14.3. The third kappa shape index (κ3) is 5.69. The molecule has 0 bridgehead atoms. The molecule has 3 aromatic heterocycles. The van der Waals surface area contributed by atoms with Crippen LogP contribution < -0.4 is 21.5 Å². The fourth-order valence-corrected chi connectivity index (χ4v) is 5.00. The predicted octanol–water partition coefficient (Wildman–Crippen LogP) is 2.50. The molecule has 1 aliphatic rings. The number of carbonyl (C=O) groups is 3. The fraction of sp³-hybridized carbons (Fsp3) is 0.360. The van der Waals surface area contributed by atoms with Crippen molar-refractivity contribution in [3.05, 3.63) is 57.0 Å². The normalized spacial score (nSPS) is 16.3. The highest BCUT2D eigenvalue weighted by atomic mass is 32.1. The number of carboxylic acid groups (broad SMARTS) is 1. The average Bonchev–Trinajstić information content (AvgIpc) is 3.32. The molecule has 194 valence electrons.